The van der Waals surface area contributed by atoms with E-state index in [0.717, 1.165) is 60.4 Å². The first kappa shape index (κ1) is 39.7. The second-order valence-corrected chi connectivity index (χ2v) is 18.1. The maximum atomic E-state index is 6.00. The van der Waals surface area contributed by atoms with E-state index in [2.05, 4.69) is 5.14 Å². The Hall–Kier alpha value is -0.500. The van der Waals surface area contributed by atoms with Gasteiger partial charge in [0, 0.05) is 28.6 Å². The third kappa shape index (κ3) is 21.3. The Labute approximate surface area is 286 Å². The number of unbranched alkanes of at least 4 members (excludes halogenated alkanes) is 16. The molecule has 0 spiro atoms. The summed E-state index contributed by atoms with van der Waals surface area (Å²) >= 11 is 18.8. The molecule has 10 heteroatoms. The Morgan fingerprint density at radius 2 is 0.955 bits per heavy atom. The summed E-state index contributed by atoms with van der Waals surface area (Å²) < 4.78 is 23.5. The van der Waals surface area contributed by atoms with Crippen molar-refractivity contribution in [3.8, 4) is 11.5 Å². The Kier molecular flexibility index (Phi) is 23.9. The van der Waals surface area contributed by atoms with E-state index in [9.17, 15) is 0 Å². The molecule has 2 aromatic rings. The Balaban J connectivity index is 1.30. The molecule has 0 fully saturated rings. The largest absolute Gasteiger partial charge is 0.494 e. The first-order valence-electron chi connectivity index (χ1n) is 16.6. The smallest absolute Gasteiger partial charge is 0.343 e. The lowest BCUT2D eigenvalue weighted by atomic mass is 10.1. The van der Waals surface area contributed by atoms with Gasteiger partial charge in [0.2, 0.25) is 0 Å². The van der Waals surface area contributed by atoms with Crippen LogP contribution in [-0.4, -0.2) is 26.4 Å². The fourth-order valence-electron chi connectivity index (χ4n) is 4.79. The Bertz CT molecular complexity index is 926. The van der Waals surface area contributed by atoms with Crippen LogP contribution in [-0.2, 0) is 20.9 Å². The summed E-state index contributed by atoms with van der Waals surface area (Å²) in [4.78, 5) is 0. The number of hydrogen-bond donors (Lipinski definition) is 1. The average molecular weight is 708 g/mol. The highest BCUT2D eigenvalue weighted by Gasteiger charge is 2.21. The fraction of sp³-hybridized carbons (Fsp3) is 0.647. The van der Waals surface area contributed by atoms with Crippen LogP contribution >= 0.6 is 40.5 Å². The van der Waals surface area contributed by atoms with Crippen LogP contribution in [0.15, 0.2) is 48.5 Å². The second-order valence-electron chi connectivity index (χ2n) is 11.2. The van der Waals surface area contributed by atoms with Crippen molar-refractivity contribution in [2.45, 2.75) is 116 Å². The molecule has 44 heavy (non-hydrogen) atoms. The summed E-state index contributed by atoms with van der Waals surface area (Å²) in [6.07, 6.45) is 21.9. The average Bonchev–Trinajstić information content (AvgIpc) is 3.03. The van der Waals surface area contributed by atoms with Crippen molar-refractivity contribution in [2.75, 3.05) is 26.4 Å². The highest BCUT2D eigenvalue weighted by molar-refractivity contribution is 8.65. The van der Waals surface area contributed by atoms with Crippen LogP contribution < -0.4 is 14.6 Å². The van der Waals surface area contributed by atoms with Crippen LogP contribution in [0.3, 0.4) is 0 Å². The number of rotatable bonds is 29. The molecular formula is C34H55Cl2NO4PS2+2. The summed E-state index contributed by atoms with van der Waals surface area (Å²) in [6, 6.07) is 15.1. The van der Waals surface area contributed by atoms with Crippen molar-refractivity contribution in [1.82, 2.24) is 0 Å². The zero-order valence-corrected chi connectivity index (χ0v) is 30.6. The zero-order valence-electron chi connectivity index (χ0n) is 26.5. The van der Waals surface area contributed by atoms with Crippen LogP contribution in [0.5, 0.6) is 11.5 Å². The summed E-state index contributed by atoms with van der Waals surface area (Å²) in [6.45, 7) is 2.91. The van der Waals surface area contributed by atoms with Gasteiger partial charge in [-0.25, -0.2) is 0 Å². The molecule has 1 radical (unpaired) electrons. The Morgan fingerprint density at radius 1 is 0.568 bits per heavy atom. The molecule has 0 aliphatic carbocycles. The number of halogens is 2. The van der Waals surface area contributed by atoms with Crippen molar-refractivity contribution in [3.05, 3.63) is 58.6 Å². The van der Waals surface area contributed by atoms with Gasteiger partial charge in [0.1, 0.15) is 5.75 Å². The van der Waals surface area contributed by atoms with Gasteiger partial charge in [-0.3, -0.25) is 9.88 Å². The predicted octanol–water partition coefficient (Wildman–Crippen LogP) is 11.6. The van der Waals surface area contributed by atoms with Crippen LogP contribution in [0.25, 0.3) is 0 Å². The van der Waals surface area contributed by atoms with E-state index in [1.807, 2.05) is 48.5 Å². The van der Waals surface area contributed by atoms with Crippen molar-refractivity contribution < 1.29 is 23.7 Å². The van der Waals surface area contributed by atoms with E-state index in [1.54, 1.807) is 0 Å². The van der Waals surface area contributed by atoms with E-state index >= 15 is 0 Å². The van der Waals surface area contributed by atoms with Crippen LogP contribution in [0.2, 0.25) is 10.0 Å². The highest BCUT2D eigenvalue weighted by atomic mass is 35.5. The first-order valence-corrected chi connectivity index (χ1v) is 21.6. The molecule has 0 heterocycles. The molecule has 0 saturated heterocycles. The van der Waals surface area contributed by atoms with Crippen molar-refractivity contribution in [3.63, 3.8) is 0 Å². The molecule has 0 amide bonds. The monoisotopic (exact) mass is 706 g/mol. The lowest BCUT2D eigenvalue weighted by molar-refractivity contribution is -0.133. The third-order valence-corrected chi connectivity index (χ3v) is 12.4. The number of ether oxygens (including phenoxy) is 2. The predicted molar refractivity (Wildman–Crippen MR) is 194 cm³/mol. The lowest BCUT2D eigenvalue weighted by Gasteiger charge is -2.16. The van der Waals surface area contributed by atoms with Crippen molar-refractivity contribution in [2.24, 2.45) is 0 Å². The van der Waals surface area contributed by atoms with Crippen LogP contribution in [0.1, 0.15) is 116 Å². The standard InChI is InChI=1S/C34H54Cl2NO4PS2/c35-31-19-23-33(24-20-31)38-27-15-11-7-3-1-5-9-13-17-29-40-42(43,44-37)41-30-18-14-10-6-2-4-8-12-16-28-39-34-25-21-32(36)22-26-34/h19-26H,1-18,27-30,37H2/q+1/p+1. The van der Waals surface area contributed by atoms with Crippen molar-refractivity contribution in [1.29, 1.82) is 0 Å². The van der Waals surface area contributed by atoms with Gasteiger partial charge in [-0.05, 0) is 73.9 Å². The van der Waals surface area contributed by atoms with Crippen LogP contribution in [0, 0.1) is 0 Å². The number of hydrogen-bond acceptors (Lipinski definition) is 6. The molecule has 2 rings (SSSR count). The Morgan fingerprint density at radius 3 is 1.41 bits per heavy atom. The maximum absolute atomic E-state index is 6.00. The topological polar surface area (TPSA) is 66.6 Å². The van der Waals surface area contributed by atoms with E-state index in [4.69, 9.17) is 53.5 Å². The number of benzene rings is 2. The first-order chi connectivity index (χ1) is 21.5. The van der Waals surface area contributed by atoms with Gasteiger partial charge < -0.3 is 13.8 Å². The van der Waals surface area contributed by atoms with Gasteiger partial charge in [0.05, 0.1) is 19.8 Å². The zero-order chi connectivity index (χ0) is 31.6. The van der Waals surface area contributed by atoms with Gasteiger partial charge in [0.15, 0.2) is 11.6 Å². The summed E-state index contributed by atoms with van der Waals surface area (Å²) in [5, 5.41) is 5.42. The van der Waals surface area contributed by atoms with Gasteiger partial charge in [-0.2, -0.15) is 0 Å². The minimum Gasteiger partial charge on any atom is -0.494 e. The van der Waals surface area contributed by atoms with Gasteiger partial charge in [0.25, 0.3) is 6.61 Å². The summed E-state index contributed by atoms with van der Waals surface area (Å²) in [5.41, 5.74) is -2.30. The molecule has 0 aliphatic heterocycles. The van der Waals surface area contributed by atoms with Gasteiger partial charge in [-0.15, -0.1) is 0 Å². The SMILES string of the molecule is [NH3+]SP(=S)(OCCCCCCCCCCCOc1ccc(Cl)cc1)OCCCCCCCCCCC[O+]c1ccc(Cl)cc1. The third-order valence-electron chi connectivity index (χ3n) is 7.40. The maximum Gasteiger partial charge on any atom is 0.343 e. The van der Waals surface area contributed by atoms with Crippen molar-refractivity contribution >= 4 is 52.3 Å². The van der Waals surface area contributed by atoms with E-state index < -0.39 is 5.69 Å². The molecule has 5 nitrogen and oxygen atoms in total. The highest BCUT2D eigenvalue weighted by Crippen LogP contribution is 2.57. The second kappa shape index (κ2) is 26.6. The molecule has 249 valence electrons. The molecule has 0 saturated carbocycles. The lowest BCUT2D eigenvalue weighted by Crippen LogP contribution is -2.36. The van der Waals surface area contributed by atoms with E-state index in [1.165, 1.54) is 101 Å². The normalized spacial score (nSPS) is 12.7. The molecule has 2 aromatic carbocycles. The molecular weight excluding hydrogens is 652 g/mol. The molecule has 0 unspecified atom stereocenters. The van der Waals surface area contributed by atoms with Crippen LogP contribution in [0.4, 0.5) is 0 Å². The molecule has 3 N–H and O–H groups in total. The molecule has 0 atom stereocenters. The van der Waals surface area contributed by atoms with Gasteiger partial charge in [-0.1, -0.05) is 107 Å². The van der Waals surface area contributed by atoms with Gasteiger partial charge >= 0.3 is 11.4 Å². The quantitative estimate of drug-likeness (QED) is 0.0393. The minimum atomic E-state index is -2.30. The molecule has 0 bridgehead atoms. The summed E-state index contributed by atoms with van der Waals surface area (Å²) in [5.74, 6) is 1.79. The fourth-order valence-corrected chi connectivity index (χ4v) is 7.31. The molecule has 0 aromatic heterocycles. The minimum absolute atomic E-state index is 0.681. The number of quaternary nitrogens is 1. The van der Waals surface area contributed by atoms with E-state index in [0.29, 0.717) is 13.2 Å². The molecule has 0 aliphatic rings. The summed E-state index contributed by atoms with van der Waals surface area (Å²) in [7, 11) is 0. The van der Waals surface area contributed by atoms with E-state index in [-0.39, 0.29) is 0 Å².